The summed E-state index contributed by atoms with van der Waals surface area (Å²) in [6, 6.07) is 6.79. The van der Waals surface area contributed by atoms with Crippen LogP contribution >= 0.6 is 20.2 Å². The van der Waals surface area contributed by atoms with E-state index >= 15 is 0 Å². The Bertz CT molecular complexity index is 771. The highest BCUT2D eigenvalue weighted by Gasteiger charge is 2.15. The van der Waals surface area contributed by atoms with E-state index in [9.17, 15) is 9.59 Å². The van der Waals surface area contributed by atoms with Gasteiger partial charge in [0.25, 0.3) is 5.56 Å². The van der Waals surface area contributed by atoms with Crippen molar-refractivity contribution in [2.75, 3.05) is 14.1 Å². The van der Waals surface area contributed by atoms with Crippen molar-refractivity contribution in [1.29, 1.82) is 0 Å². The highest BCUT2D eigenvalue weighted by Crippen LogP contribution is 2.29. The number of halogens is 1. The van der Waals surface area contributed by atoms with Crippen LogP contribution in [0.25, 0.3) is 10.9 Å². The molecule has 2 aromatic rings. The summed E-state index contributed by atoms with van der Waals surface area (Å²) < 4.78 is 1.65. The second-order valence-corrected chi connectivity index (χ2v) is 7.41. The van der Waals surface area contributed by atoms with Gasteiger partial charge in [0.05, 0.1) is 10.5 Å². The molecule has 118 valence electrons. The van der Waals surface area contributed by atoms with E-state index < -0.39 is 0 Å². The summed E-state index contributed by atoms with van der Waals surface area (Å²) in [6.07, 6.45) is 0. The second-order valence-electron chi connectivity index (χ2n) is 5.42. The highest BCUT2D eigenvalue weighted by molar-refractivity contribution is 7.59. The minimum Gasteiger partial charge on any atom is -0.308 e. The van der Waals surface area contributed by atoms with Crippen LogP contribution in [0.5, 0.6) is 0 Å². The lowest BCUT2D eigenvalue weighted by molar-refractivity contribution is 0.108. The van der Waals surface area contributed by atoms with Gasteiger partial charge in [-0.15, -0.1) is 0 Å². The normalized spacial score (nSPS) is 13.4. The predicted octanol–water partition coefficient (Wildman–Crippen LogP) is 3.40. The van der Waals surface area contributed by atoms with E-state index in [1.54, 1.807) is 16.7 Å². The van der Waals surface area contributed by atoms with E-state index in [0.717, 1.165) is 10.9 Å². The number of nitrogens with zero attached hydrogens (tertiary/aromatic N) is 2. The summed E-state index contributed by atoms with van der Waals surface area (Å²) in [5.74, 6) is 0.197. The molecule has 0 saturated heterocycles. The number of pyridine rings is 1. The molecule has 0 fully saturated rings. The maximum absolute atomic E-state index is 12.4. The van der Waals surface area contributed by atoms with Crippen molar-refractivity contribution in [2.24, 2.45) is 0 Å². The highest BCUT2D eigenvalue weighted by atomic mass is 35.5. The maximum atomic E-state index is 12.4. The average molecular weight is 339 g/mol. The van der Waals surface area contributed by atoms with Crippen molar-refractivity contribution in [3.05, 3.63) is 45.2 Å². The van der Waals surface area contributed by atoms with Crippen LogP contribution in [0, 0.1) is 0 Å². The number of carbonyl (C=O) groups is 1. The van der Waals surface area contributed by atoms with Crippen molar-refractivity contribution in [1.82, 2.24) is 9.47 Å². The molecule has 0 N–H and O–H groups in total. The summed E-state index contributed by atoms with van der Waals surface area (Å²) in [6.45, 7) is 4.51. The van der Waals surface area contributed by atoms with Crippen LogP contribution in [-0.2, 0) is 6.54 Å². The van der Waals surface area contributed by atoms with Crippen molar-refractivity contribution in [3.8, 4) is 0 Å². The van der Waals surface area contributed by atoms with Crippen LogP contribution in [0.4, 0.5) is 0 Å². The predicted molar refractivity (Wildman–Crippen MR) is 94.7 cm³/mol. The first-order chi connectivity index (χ1) is 10.3. The Morgan fingerprint density at radius 2 is 2.05 bits per heavy atom. The Balaban J connectivity index is 2.47. The topological polar surface area (TPSA) is 42.3 Å². The summed E-state index contributed by atoms with van der Waals surface area (Å²) in [4.78, 5) is 26.4. The summed E-state index contributed by atoms with van der Waals surface area (Å²) in [5, 5.41) is 1.14. The van der Waals surface area contributed by atoms with Crippen LogP contribution in [0.1, 0.15) is 24.2 Å². The number of benzene rings is 1. The third-order valence-electron chi connectivity index (χ3n) is 3.75. The molecule has 2 atom stereocenters. The van der Waals surface area contributed by atoms with Crippen LogP contribution in [-0.4, -0.2) is 34.9 Å². The van der Waals surface area contributed by atoms with Crippen LogP contribution < -0.4 is 5.56 Å². The molecule has 0 amide bonds. The lowest BCUT2D eigenvalue weighted by Gasteiger charge is -2.19. The number of fused-ring (bicyclic) bond motifs is 1. The van der Waals surface area contributed by atoms with E-state index in [1.807, 2.05) is 38.9 Å². The Morgan fingerprint density at radius 1 is 1.36 bits per heavy atom. The van der Waals surface area contributed by atoms with Gasteiger partial charge >= 0.3 is 0 Å². The molecule has 0 aliphatic heterocycles. The zero-order valence-electron chi connectivity index (χ0n) is 13.2. The van der Waals surface area contributed by atoms with E-state index in [1.165, 1.54) is 6.07 Å². The molecule has 0 bridgehead atoms. The van der Waals surface area contributed by atoms with Crippen LogP contribution in [0.15, 0.2) is 29.1 Å². The Hall–Kier alpha value is -1.22. The van der Waals surface area contributed by atoms with Gasteiger partial charge in [0, 0.05) is 29.3 Å². The quantitative estimate of drug-likeness (QED) is 0.785. The van der Waals surface area contributed by atoms with Gasteiger partial charge < -0.3 is 9.47 Å². The number of rotatable bonds is 5. The van der Waals surface area contributed by atoms with E-state index in [2.05, 4.69) is 0 Å². The molecule has 0 spiro atoms. The SMILES string of the molecule is CCn1c(=O)cc(Cl)c2cc(C(=O)PC(C)N(C)C)ccc21. The molecule has 1 heterocycles. The van der Waals surface area contributed by atoms with Gasteiger partial charge in [-0.3, -0.25) is 9.59 Å². The maximum Gasteiger partial charge on any atom is 0.252 e. The Kier molecular flexibility index (Phi) is 5.38. The zero-order valence-corrected chi connectivity index (χ0v) is 14.9. The van der Waals surface area contributed by atoms with Crippen molar-refractivity contribution in [2.45, 2.75) is 26.2 Å². The monoisotopic (exact) mass is 338 g/mol. The largest absolute Gasteiger partial charge is 0.308 e. The molecular formula is C16H20ClN2O2P. The smallest absolute Gasteiger partial charge is 0.252 e. The molecule has 22 heavy (non-hydrogen) atoms. The fourth-order valence-electron chi connectivity index (χ4n) is 2.22. The van der Waals surface area contributed by atoms with Crippen molar-refractivity contribution >= 4 is 36.6 Å². The first-order valence-corrected chi connectivity index (χ1v) is 8.61. The number of aryl methyl sites for hydroxylation is 1. The lowest BCUT2D eigenvalue weighted by Crippen LogP contribution is -2.21. The minimum absolute atomic E-state index is 0.105. The van der Waals surface area contributed by atoms with E-state index in [4.69, 9.17) is 11.6 Å². The van der Waals surface area contributed by atoms with Gasteiger partial charge in [-0.05, 0) is 54.7 Å². The summed E-state index contributed by atoms with van der Waals surface area (Å²) >= 11 is 6.19. The van der Waals surface area contributed by atoms with Crippen molar-refractivity contribution < 1.29 is 4.79 Å². The molecule has 1 aromatic carbocycles. The molecule has 4 nitrogen and oxygen atoms in total. The molecule has 0 aliphatic rings. The molecule has 0 radical (unpaired) electrons. The zero-order chi connectivity index (χ0) is 16.4. The third kappa shape index (κ3) is 3.40. The first-order valence-electron chi connectivity index (χ1n) is 7.15. The average Bonchev–Trinajstić information content (AvgIpc) is 2.47. The molecular weight excluding hydrogens is 319 g/mol. The van der Waals surface area contributed by atoms with Gasteiger partial charge in [0.2, 0.25) is 0 Å². The summed E-state index contributed by atoms with van der Waals surface area (Å²) in [5.41, 5.74) is 1.39. The van der Waals surface area contributed by atoms with Crippen LogP contribution in [0.2, 0.25) is 5.02 Å². The van der Waals surface area contributed by atoms with Crippen LogP contribution in [0.3, 0.4) is 0 Å². The molecule has 2 rings (SSSR count). The standard InChI is InChI=1S/C16H20ClN2O2P/c1-5-19-14-7-6-11(16(21)22-10(2)18(3)4)8-12(14)13(17)9-15(19)20/h6-10,22H,5H2,1-4H3. The van der Waals surface area contributed by atoms with Gasteiger partial charge in [0.15, 0.2) is 5.52 Å². The lowest BCUT2D eigenvalue weighted by atomic mass is 10.1. The molecule has 0 saturated carbocycles. The van der Waals surface area contributed by atoms with E-state index in [-0.39, 0.29) is 25.4 Å². The fraction of sp³-hybridized carbons (Fsp3) is 0.375. The fourth-order valence-corrected chi connectivity index (χ4v) is 3.42. The van der Waals surface area contributed by atoms with Gasteiger partial charge in [-0.25, -0.2) is 0 Å². The number of hydrogen-bond donors (Lipinski definition) is 0. The van der Waals surface area contributed by atoms with Gasteiger partial charge in [-0.2, -0.15) is 0 Å². The number of hydrogen-bond acceptors (Lipinski definition) is 3. The molecule has 2 unspecified atom stereocenters. The second kappa shape index (κ2) is 6.91. The van der Waals surface area contributed by atoms with Gasteiger partial charge in [-0.1, -0.05) is 11.6 Å². The number of aromatic nitrogens is 1. The van der Waals surface area contributed by atoms with Gasteiger partial charge in [0.1, 0.15) is 0 Å². The van der Waals surface area contributed by atoms with Crippen molar-refractivity contribution in [3.63, 3.8) is 0 Å². The summed E-state index contributed by atoms with van der Waals surface area (Å²) in [7, 11) is 4.10. The number of carbonyl (C=O) groups excluding carboxylic acids is 1. The molecule has 1 aromatic heterocycles. The molecule has 6 heteroatoms. The minimum atomic E-state index is -0.123. The third-order valence-corrected chi connectivity index (χ3v) is 5.55. The first kappa shape index (κ1) is 17.1. The Morgan fingerprint density at radius 3 is 2.64 bits per heavy atom. The van der Waals surface area contributed by atoms with E-state index in [0.29, 0.717) is 17.1 Å². The Labute approximate surface area is 136 Å². The molecule has 0 aliphatic carbocycles.